The second-order valence-corrected chi connectivity index (χ2v) is 10.5. The SMILES string of the molecule is CCCc1ccc(Cn2ccc3ccc(F)cc32)cc1C(=O)N[C@H](CC(C)C)c1cc(C)cc(C)c1. The Kier molecular flexibility index (Phi) is 7.93. The lowest BCUT2D eigenvalue weighted by molar-refractivity contribution is 0.0931. The van der Waals surface area contributed by atoms with Gasteiger partial charge in [-0.15, -0.1) is 0 Å². The molecule has 4 heteroatoms. The van der Waals surface area contributed by atoms with Crippen molar-refractivity contribution in [1.29, 1.82) is 0 Å². The number of hydrogen-bond donors (Lipinski definition) is 1. The van der Waals surface area contributed by atoms with Crippen LogP contribution in [-0.4, -0.2) is 10.5 Å². The fraction of sp³-hybridized carbons (Fsp3) is 0.344. The van der Waals surface area contributed by atoms with Gasteiger partial charge in [0.15, 0.2) is 0 Å². The van der Waals surface area contributed by atoms with E-state index in [9.17, 15) is 9.18 Å². The molecular formula is C32H37FN2O. The van der Waals surface area contributed by atoms with E-state index < -0.39 is 0 Å². The van der Waals surface area contributed by atoms with Crippen LogP contribution in [0.5, 0.6) is 0 Å². The number of carbonyl (C=O) groups is 1. The largest absolute Gasteiger partial charge is 0.345 e. The lowest BCUT2D eigenvalue weighted by Crippen LogP contribution is -2.30. The first-order valence-corrected chi connectivity index (χ1v) is 13.0. The Bertz CT molecular complexity index is 1350. The number of amides is 1. The lowest BCUT2D eigenvalue weighted by atomic mass is 9.93. The maximum atomic E-state index is 13.9. The van der Waals surface area contributed by atoms with E-state index in [1.165, 1.54) is 17.2 Å². The molecule has 0 aliphatic rings. The average Bonchev–Trinajstić information content (AvgIpc) is 3.20. The summed E-state index contributed by atoms with van der Waals surface area (Å²) in [6, 6.07) is 19.5. The summed E-state index contributed by atoms with van der Waals surface area (Å²) in [6.45, 7) is 11.3. The summed E-state index contributed by atoms with van der Waals surface area (Å²) in [5, 5.41) is 4.36. The van der Waals surface area contributed by atoms with E-state index >= 15 is 0 Å². The van der Waals surface area contributed by atoms with Gasteiger partial charge < -0.3 is 9.88 Å². The molecule has 1 atom stereocenters. The van der Waals surface area contributed by atoms with Crippen molar-refractivity contribution < 1.29 is 9.18 Å². The molecule has 0 radical (unpaired) electrons. The van der Waals surface area contributed by atoms with Gasteiger partial charge in [0.25, 0.3) is 5.91 Å². The number of nitrogens with one attached hydrogen (secondary N) is 1. The predicted octanol–water partition coefficient (Wildman–Crippen LogP) is 7.92. The Morgan fingerprint density at radius 3 is 2.42 bits per heavy atom. The summed E-state index contributed by atoms with van der Waals surface area (Å²) in [5.41, 5.74) is 7.23. The molecule has 0 saturated heterocycles. The zero-order valence-corrected chi connectivity index (χ0v) is 22.1. The smallest absolute Gasteiger partial charge is 0.252 e. The molecule has 0 unspecified atom stereocenters. The number of benzene rings is 3. The standard InChI is InChI=1S/C32H37FN2O/c1-6-7-25-9-8-24(20-35-13-12-26-10-11-28(33)19-31(26)35)18-29(25)32(36)34-30(14-21(2)3)27-16-22(4)15-23(5)17-27/h8-13,15-19,21,30H,6-7,14,20H2,1-5H3,(H,34,36)/t30-/m1/s1. The van der Waals surface area contributed by atoms with E-state index in [-0.39, 0.29) is 17.8 Å². The topological polar surface area (TPSA) is 34.0 Å². The molecule has 4 aromatic rings. The Balaban J connectivity index is 1.65. The van der Waals surface area contributed by atoms with Crippen LogP contribution >= 0.6 is 0 Å². The van der Waals surface area contributed by atoms with E-state index in [4.69, 9.17) is 0 Å². The molecule has 3 nitrogen and oxygen atoms in total. The summed E-state index contributed by atoms with van der Waals surface area (Å²) >= 11 is 0. The van der Waals surface area contributed by atoms with Gasteiger partial charge in [0.05, 0.1) is 11.6 Å². The monoisotopic (exact) mass is 484 g/mol. The van der Waals surface area contributed by atoms with Crippen molar-refractivity contribution in [2.24, 2.45) is 5.92 Å². The summed E-state index contributed by atoms with van der Waals surface area (Å²) in [6.07, 6.45) is 4.66. The van der Waals surface area contributed by atoms with Crippen LogP contribution in [0.25, 0.3) is 10.9 Å². The van der Waals surface area contributed by atoms with Crippen LogP contribution in [0.15, 0.2) is 66.9 Å². The first-order valence-electron chi connectivity index (χ1n) is 13.0. The molecule has 3 aromatic carbocycles. The number of carbonyl (C=O) groups excluding carboxylic acids is 1. The van der Waals surface area contributed by atoms with Gasteiger partial charge in [0.2, 0.25) is 0 Å². The van der Waals surface area contributed by atoms with Crippen LogP contribution in [0.1, 0.15) is 77.8 Å². The number of nitrogens with zero attached hydrogens (tertiary/aromatic N) is 1. The van der Waals surface area contributed by atoms with E-state index in [2.05, 4.69) is 70.3 Å². The van der Waals surface area contributed by atoms with Crippen molar-refractivity contribution in [3.8, 4) is 0 Å². The van der Waals surface area contributed by atoms with Crippen molar-refractivity contribution in [3.63, 3.8) is 0 Å². The Labute approximate surface area is 214 Å². The number of halogens is 1. The third-order valence-electron chi connectivity index (χ3n) is 6.69. The highest BCUT2D eigenvalue weighted by atomic mass is 19.1. The molecule has 0 fully saturated rings. The molecule has 1 aromatic heterocycles. The number of aromatic nitrogens is 1. The summed E-state index contributed by atoms with van der Waals surface area (Å²) < 4.78 is 15.9. The van der Waals surface area contributed by atoms with Gasteiger partial charge in [0, 0.05) is 18.3 Å². The molecule has 0 bridgehead atoms. The van der Waals surface area contributed by atoms with Crippen LogP contribution in [0.2, 0.25) is 0 Å². The number of fused-ring (bicyclic) bond motifs is 1. The van der Waals surface area contributed by atoms with Crippen molar-refractivity contribution in [2.75, 3.05) is 0 Å². The van der Waals surface area contributed by atoms with Crippen LogP contribution in [-0.2, 0) is 13.0 Å². The Morgan fingerprint density at radius 1 is 0.972 bits per heavy atom. The molecule has 0 saturated carbocycles. The minimum atomic E-state index is -0.247. The third-order valence-corrected chi connectivity index (χ3v) is 6.69. The summed E-state index contributed by atoms with van der Waals surface area (Å²) in [7, 11) is 0. The van der Waals surface area contributed by atoms with Crippen molar-refractivity contribution >= 4 is 16.8 Å². The highest BCUT2D eigenvalue weighted by Gasteiger charge is 2.20. The summed E-state index contributed by atoms with van der Waals surface area (Å²) in [4.78, 5) is 13.7. The van der Waals surface area contributed by atoms with Crippen molar-refractivity contribution in [2.45, 2.75) is 66.5 Å². The molecule has 0 aliphatic heterocycles. The third kappa shape index (κ3) is 6.04. The average molecular weight is 485 g/mol. The Morgan fingerprint density at radius 2 is 1.72 bits per heavy atom. The molecule has 1 heterocycles. The second-order valence-electron chi connectivity index (χ2n) is 10.5. The fourth-order valence-electron chi connectivity index (χ4n) is 5.11. The minimum Gasteiger partial charge on any atom is -0.345 e. The van der Waals surface area contributed by atoms with Crippen LogP contribution in [0.3, 0.4) is 0 Å². The van der Waals surface area contributed by atoms with E-state index in [0.29, 0.717) is 12.5 Å². The molecular weight excluding hydrogens is 447 g/mol. The van der Waals surface area contributed by atoms with Crippen molar-refractivity contribution in [1.82, 2.24) is 9.88 Å². The van der Waals surface area contributed by atoms with Crippen LogP contribution in [0.4, 0.5) is 4.39 Å². The first kappa shape index (κ1) is 25.7. The fourth-order valence-corrected chi connectivity index (χ4v) is 5.11. The quantitative estimate of drug-likeness (QED) is 0.257. The van der Waals surface area contributed by atoms with E-state index in [1.807, 2.05) is 22.9 Å². The lowest BCUT2D eigenvalue weighted by Gasteiger charge is -2.23. The minimum absolute atomic E-state index is 0.0338. The second kappa shape index (κ2) is 11.1. The van der Waals surface area contributed by atoms with Crippen molar-refractivity contribution in [3.05, 3.63) is 106 Å². The molecule has 0 spiro atoms. The zero-order valence-electron chi connectivity index (χ0n) is 22.1. The van der Waals surface area contributed by atoms with Gasteiger partial charge in [-0.2, -0.15) is 0 Å². The molecule has 188 valence electrons. The van der Waals surface area contributed by atoms with Crippen LogP contribution in [0, 0.1) is 25.6 Å². The van der Waals surface area contributed by atoms with Crippen LogP contribution < -0.4 is 5.32 Å². The first-order chi connectivity index (χ1) is 17.2. The number of aryl methyl sites for hydroxylation is 3. The molecule has 36 heavy (non-hydrogen) atoms. The molecule has 1 N–H and O–H groups in total. The normalized spacial score (nSPS) is 12.3. The van der Waals surface area contributed by atoms with Gasteiger partial charge in [0.1, 0.15) is 5.82 Å². The van der Waals surface area contributed by atoms with E-state index in [0.717, 1.165) is 52.4 Å². The highest BCUT2D eigenvalue weighted by molar-refractivity contribution is 5.96. The number of rotatable bonds is 9. The maximum Gasteiger partial charge on any atom is 0.252 e. The highest BCUT2D eigenvalue weighted by Crippen LogP contribution is 2.26. The van der Waals surface area contributed by atoms with Gasteiger partial charge in [-0.25, -0.2) is 4.39 Å². The number of hydrogen-bond acceptors (Lipinski definition) is 1. The Hall–Kier alpha value is -3.40. The molecule has 0 aliphatic carbocycles. The van der Waals surface area contributed by atoms with Gasteiger partial charge in [-0.1, -0.05) is 68.7 Å². The molecule has 1 amide bonds. The van der Waals surface area contributed by atoms with Gasteiger partial charge >= 0.3 is 0 Å². The van der Waals surface area contributed by atoms with Gasteiger partial charge in [-0.05, 0) is 85.0 Å². The molecule has 4 rings (SSSR count). The van der Waals surface area contributed by atoms with Gasteiger partial charge in [-0.3, -0.25) is 4.79 Å². The predicted molar refractivity (Wildman–Crippen MR) is 147 cm³/mol. The zero-order chi connectivity index (χ0) is 25.8. The summed E-state index contributed by atoms with van der Waals surface area (Å²) in [5.74, 6) is 0.164. The maximum absolute atomic E-state index is 13.9. The van der Waals surface area contributed by atoms with E-state index in [1.54, 1.807) is 12.1 Å².